The van der Waals surface area contributed by atoms with Crippen molar-refractivity contribution in [3.8, 4) is 11.5 Å². The van der Waals surface area contributed by atoms with Gasteiger partial charge in [-0.25, -0.2) is 4.79 Å². The van der Waals surface area contributed by atoms with Crippen molar-refractivity contribution >= 4 is 22.9 Å². The molecule has 0 spiro atoms. The lowest BCUT2D eigenvalue weighted by Gasteiger charge is -2.09. The zero-order valence-electron chi connectivity index (χ0n) is 15.5. The van der Waals surface area contributed by atoms with Gasteiger partial charge in [0.15, 0.2) is 18.2 Å². The van der Waals surface area contributed by atoms with Crippen LogP contribution in [0.4, 0.5) is 0 Å². The molecule has 0 aliphatic rings. The first-order valence-electron chi connectivity index (χ1n) is 8.60. The number of methoxy groups -OCH3 is 1. The minimum absolute atomic E-state index is 0.327. The van der Waals surface area contributed by atoms with Gasteiger partial charge in [-0.15, -0.1) is 5.10 Å². The molecule has 8 nitrogen and oxygen atoms in total. The minimum atomic E-state index is -0.615. The lowest BCUT2D eigenvalue weighted by molar-refractivity contribution is -0.141. The lowest BCUT2D eigenvalue weighted by Crippen LogP contribution is -2.26. The number of nitrogens with zero attached hydrogens (tertiary/aromatic N) is 3. The van der Waals surface area contributed by atoms with Gasteiger partial charge < -0.3 is 14.2 Å². The largest absolute Gasteiger partial charge is 0.493 e. The number of carbonyl (C=O) groups excluding carboxylic acids is 1. The van der Waals surface area contributed by atoms with Crippen molar-refractivity contribution in [3.63, 3.8) is 0 Å². The van der Waals surface area contributed by atoms with Crippen LogP contribution in [0.2, 0.25) is 0 Å². The van der Waals surface area contributed by atoms with E-state index in [1.807, 2.05) is 6.92 Å². The van der Waals surface area contributed by atoms with Crippen molar-refractivity contribution in [1.29, 1.82) is 0 Å². The molecule has 0 radical (unpaired) electrons. The number of hydrogen-bond acceptors (Lipinski definition) is 7. The summed E-state index contributed by atoms with van der Waals surface area (Å²) in [7, 11) is 1.56. The van der Waals surface area contributed by atoms with Gasteiger partial charge in [-0.05, 0) is 42.8 Å². The van der Waals surface area contributed by atoms with Gasteiger partial charge in [0.05, 0.1) is 19.1 Å². The first-order chi connectivity index (χ1) is 13.6. The van der Waals surface area contributed by atoms with E-state index in [1.54, 1.807) is 55.7 Å². The highest BCUT2D eigenvalue weighted by atomic mass is 16.5. The number of carbonyl (C=O) groups is 1. The molecular weight excluding hydrogens is 362 g/mol. The van der Waals surface area contributed by atoms with Crippen LogP contribution in [0.15, 0.2) is 53.3 Å². The van der Waals surface area contributed by atoms with Crippen molar-refractivity contribution < 1.29 is 19.0 Å². The molecule has 0 unspecified atom stereocenters. The second-order valence-corrected chi connectivity index (χ2v) is 5.68. The molecular formula is C20H19N3O5. The van der Waals surface area contributed by atoms with E-state index in [-0.39, 0.29) is 12.3 Å². The molecule has 28 heavy (non-hydrogen) atoms. The third kappa shape index (κ3) is 4.35. The van der Waals surface area contributed by atoms with Gasteiger partial charge >= 0.3 is 5.97 Å². The molecule has 0 fully saturated rings. The first-order valence-corrected chi connectivity index (χ1v) is 8.60. The van der Waals surface area contributed by atoms with Crippen molar-refractivity contribution in [2.75, 3.05) is 13.7 Å². The van der Waals surface area contributed by atoms with Gasteiger partial charge in [0, 0.05) is 6.08 Å². The summed E-state index contributed by atoms with van der Waals surface area (Å²) in [6.07, 6.45) is 2.84. The third-order valence-corrected chi connectivity index (χ3v) is 3.86. The molecule has 0 saturated heterocycles. The molecule has 0 amide bonds. The Labute approximate surface area is 161 Å². The number of benzene rings is 2. The van der Waals surface area contributed by atoms with Crippen molar-refractivity contribution in [3.05, 3.63) is 64.5 Å². The van der Waals surface area contributed by atoms with Crippen LogP contribution < -0.4 is 15.0 Å². The number of ether oxygens (including phenoxy) is 3. The van der Waals surface area contributed by atoms with E-state index in [0.29, 0.717) is 29.0 Å². The molecule has 0 bridgehead atoms. The van der Waals surface area contributed by atoms with Crippen LogP contribution in [0.3, 0.4) is 0 Å². The topological polar surface area (TPSA) is 92.5 Å². The predicted octanol–water partition coefficient (Wildman–Crippen LogP) is 2.41. The van der Waals surface area contributed by atoms with E-state index < -0.39 is 5.97 Å². The Morgan fingerprint density at radius 3 is 2.79 bits per heavy atom. The van der Waals surface area contributed by atoms with Gasteiger partial charge in [0.25, 0.3) is 5.56 Å². The molecule has 0 aliphatic carbocycles. The molecule has 2 aromatic carbocycles. The summed E-state index contributed by atoms with van der Waals surface area (Å²) in [4.78, 5) is 24.3. The summed E-state index contributed by atoms with van der Waals surface area (Å²) < 4.78 is 16.8. The summed E-state index contributed by atoms with van der Waals surface area (Å²) in [6.45, 7) is 2.04. The highest BCUT2D eigenvalue weighted by molar-refractivity contribution is 5.87. The van der Waals surface area contributed by atoms with Gasteiger partial charge in [0.1, 0.15) is 5.52 Å². The maximum Gasteiger partial charge on any atom is 0.332 e. The summed E-state index contributed by atoms with van der Waals surface area (Å²) in [5.41, 5.74) is 0.849. The van der Waals surface area contributed by atoms with Crippen LogP contribution >= 0.6 is 0 Å². The van der Waals surface area contributed by atoms with E-state index in [4.69, 9.17) is 14.2 Å². The van der Waals surface area contributed by atoms with Crippen LogP contribution in [-0.2, 0) is 16.3 Å². The molecule has 1 aromatic heterocycles. The molecule has 144 valence electrons. The Hall–Kier alpha value is -3.68. The summed E-state index contributed by atoms with van der Waals surface area (Å²) in [5.74, 6) is 0.574. The van der Waals surface area contributed by atoms with E-state index in [2.05, 4.69) is 10.3 Å². The quantitative estimate of drug-likeness (QED) is 0.458. The minimum Gasteiger partial charge on any atom is -0.493 e. The van der Waals surface area contributed by atoms with Crippen LogP contribution in [0, 0.1) is 0 Å². The maximum absolute atomic E-state index is 12.3. The highest BCUT2D eigenvalue weighted by Gasteiger charge is 2.07. The van der Waals surface area contributed by atoms with E-state index in [9.17, 15) is 9.59 Å². The number of fused-ring (bicyclic) bond motifs is 1. The van der Waals surface area contributed by atoms with E-state index >= 15 is 0 Å². The number of hydrogen-bond donors (Lipinski definition) is 0. The average molecular weight is 381 g/mol. The second-order valence-electron chi connectivity index (χ2n) is 5.68. The average Bonchev–Trinajstić information content (AvgIpc) is 2.72. The van der Waals surface area contributed by atoms with Gasteiger partial charge in [-0.1, -0.05) is 23.4 Å². The second kappa shape index (κ2) is 8.81. The SMILES string of the molecule is CCOc1cc(/C=C/C(=O)OCn2nnc3ccccc3c2=O)ccc1OC. The molecule has 3 aromatic rings. The normalized spacial score (nSPS) is 10.9. The van der Waals surface area contributed by atoms with Crippen LogP contribution in [0.25, 0.3) is 17.0 Å². The summed E-state index contributed by atoms with van der Waals surface area (Å²) >= 11 is 0. The number of esters is 1. The van der Waals surface area contributed by atoms with Crippen LogP contribution in [0.5, 0.6) is 11.5 Å². The van der Waals surface area contributed by atoms with Gasteiger partial charge in [-0.3, -0.25) is 4.79 Å². The Morgan fingerprint density at radius 2 is 2.00 bits per heavy atom. The standard InChI is InChI=1S/C20H19N3O5/c1-3-27-18-12-14(8-10-17(18)26-2)9-11-19(24)28-13-23-20(25)15-6-4-5-7-16(15)21-22-23/h4-12H,3,13H2,1-2H3/b11-9+. The Morgan fingerprint density at radius 1 is 1.18 bits per heavy atom. The first kappa shape index (κ1) is 19.1. The van der Waals surface area contributed by atoms with Crippen LogP contribution in [0.1, 0.15) is 12.5 Å². The Balaban J connectivity index is 1.67. The maximum atomic E-state index is 12.3. The molecule has 8 heteroatoms. The smallest absolute Gasteiger partial charge is 0.332 e. The zero-order chi connectivity index (χ0) is 19.9. The Bertz CT molecular complexity index is 1070. The van der Waals surface area contributed by atoms with Crippen molar-refractivity contribution in [2.45, 2.75) is 13.7 Å². The fourth-order valence-electron chi connectivity index (χ4n) is 2.51. The predicted molar refractivity (Wildman–Crippen MR) is 103 cm³/mol. The number of rotatable bonds is 7. The Kier molecular flexibility index (Phi) is 6.01. The third-order valence-electron chi connectivity index (χ3n) is 3.86. The molecule has 1 heterocycles. The van der Waals surface area contributed by atoms with E-state index in [0.717, 1.165) is 10.2 Å². The van der Waals surface area contributed by atoms with Crippen molar-refractivity contribution in [2.24, 2.45) is 0 Å². The van der Waals surface area contributed by atoms with Crippen LogP contribution in [-0.4, -0.2) is 34.7 Å². The van der Waals surface area contributed by atoms with Gasteiger partial charge in [-0.2, -0.15) is 4.68 Å². The molecule has 3 rings (SSSR count). The summed E-state index contributed by atoms with van der Waals surface area (Å²) in [5, 5.41) is 8.11. The van der Waals surface area contributed by atoms with E-state index in [1.165, 1.54) is 6.08 Å². The summed E-state index contributed by atoms with van der Waals surface area (Å²) in [6, 6.07) is 12.1. The molecule has 0 aliphatic heterocycles. The molecule has 0 atom stereocenters. The molecule has 0 N–H and O–H groups in total. The highest BCUT2D eigenvalue weighted by Crippen LogP contribution is 2.28. The molecule has 0 saturated carbocycles. The fourth-order valence-corrected chi connectivity index (χ4v) is 2.51. The van der Waals surface area contributed by atoms with Crippen molar-refractivity contribution in [1.82, 2.24) is 15.0 Å². The monoisotopic (exact) mass is 381 g/mol. The lowest BCUT2D eigenvalue weighted by atomic mass is 10.2. The zero-order valence-corrected chi connectivity index (χ0v) is 15.5. The fraction of sp³-hybridized carbons (Fsp3) is 0.200. The van der Waals surface area contributed by atoms with Gasteiger partial charge in [0.2, 0.25) is 0 Å². The number of aromatic nitrogens is 3.